The van der Waals surface area contributed by atoms with Crippen molar-refractivity contribution in [2.24, 2.45) is 0 Å². The first kappa shape index (κ1) is 20.9. The van der Waals surface area contributed by atoms with E-state index in [4.69, 9.17) is 9.47 Å². The van der Waals surface area contributed by atoms with Crippen molar-refractivity contribution in [1.82, 2.24) is 0 Å². The lowest BCUT2D eigenvalue weighted by molar-refractivity contribution is 0.267. The van der Waals surface area contributed by atoms with Crippen LogP contribution in [0.3, 0.4) is 0 Å². The Balaban J connectivity index is 1.57. The van der Waals surface area contributed by atoms with Crippen LogP contribution < -0.4 is 9.47 Å². The molecule has 1 aliphatic heterocycles. The van der Waals surface area contributed by atoms with Crippen LogP contribution in [0.1, 0.15) is 49.7 Å². The van der Waals surface area contributed by atoms with Crippen molar-refractivity contribution in [1.29, 1.82) is 0 Å². The summed E-state index contributed by atoms with van der Waals surface area (Å²) in [5.74, 6) is -3.23. The van der Waals surface area contributed by atoms with Crippen molar-refractivity contribution in [2.45, 2.75) is 45.1 Å². The quantitative estimate of drug-likeness (QED) is 0.389. The second kappa shape index (κ2) is 8.15. The molecular formula is C26H22F4O2. The van der Waals surface area contributed by atoms with Crippen LogP contribution >= 0.6 is 0 Å². The van der Waals surface area contributed by atoms with Gasteiger partial charge >= 0.3 is 0 Å². The third kappa shape index (κ3) is 3.24. The summed E-state index contributed by atoms with van der Waals surface area (Å²) in [5.41, 5.74) is 1.21. The molecule has 5 rings (SSSR count). The van der Waals surface area contributed by atoms with Crippen LogP contribution in [0.4, 0.5) is 17.6 Å². The Kier molecular flexibility index (Phi) is 5.31. The molecule has 2 nitrogen and oxygen atoms in total. The summed E-state index contributed by atoms with van der Waals surface area (Å²) < 4.78 is 70.8. The van der Waals surface area contributed by atoms with Crippen molar-refractivity contribution in [2.75, 3.05) is 6.61 Å². The second-order valence-corrected chi connectivity index (χ2v) is 8.24. The van der Waals surface area contributed by atoms with Crippen LogP contribution in [-0.2, 0) is 6.61 Å². The van der Waals surface area contributed by atoms with Gasteiger partial charge in [0, 0.05) is 22.3 Å². The minimum absolute atomic E-state index is 0.00579. The van der Waals surface area contributed by atoms with Crippen molar-refractivity contribution < 1.29 is 27.0 Å². The Bertz CT molecular complexity index is 1200. The summed E-state index contributed by atoms with van der Waals surface area (Å²) >= 11 is 0. The second-order valence-electron chi connectivity index (χ2n) is 8.24. The number of ether oxygens (including phenoxy) is 2. The van der Waals surface area contributed by atoms with Gasteiger partial charge in [0.05, 0.1) is 6.61 Å². The van der Waals surface area contributed by atoms with Gasteiger partial charge in [-0.25, -0.2) is 13.2 Å². The maximum absolute atomic E-state index is 15.5. The van der Waals surface area contributed by atoms with E-state index in [0.717, 1.165) is 25.7 Å². The van der Waals surface area contributed by atoms with E-state index in [-0.39, 0.29) is 40.7 Å². The highest BCUT2D eigenvalue weighted by Gasteiger charge is 2.29. The van der Waals surface area contributed by atoms with Gasteiger partial charge in [-0.3, -0.25) is 0 Å². The van der Waals surface area contributed by atoms with Gasteiger partial charge in [0.1, 0.15) is 12.4 Å². The minimum atomic E-state index is -1.04. The predicted molar refractivity (Wildman–Crippen MR) is 114 cm³/mol. The molecule has 0 saturated heterocycles. The molecular weight excluding hydrogens is 420 g/mol. The van der Waals surface area contributed by atoms with E-state index < -0.39 is 23.3 Å². The van der Waals surface area contributed by atoms with Gasteiger partial charge in [-0.2, -0.15) is 4.39 Å². The Hall–Kier alpha value is -3.02. The molecule has 2 aliphatic rings. The van der Waals surface area contributed by atoms with E-state index in [1.54, 1.807) is 25.1 Å². The number of halogens is 4. The molecule has 32 heavy (non-hydrogen) atoms. The van der Waals surface area contributed by atoms with E-state index in [1.165, 1.54) is 18.2 Å². The summed E-state index contributed by atoms with van der Waals surface area (Å²) in [4.78, 5) is 0. The summed E-state index contributed by atoms with van der Waals surface area (Å²) in [7, 11) is 0. The molecule has 3 aromatic rings. The van der Waals surface area contributed by atoms with Crippen LogP contribution in [-0.4, -0.2) is 6.61 Å². The Morgan fingerprint density at radius 1 is 0.781 bits per heavy atom. The van der Waals surface area contributed by atoms with Gasteiger partial charge in [0.2, 0.25) is 5.82 Å². The van der Waals surface area contributed by atoms with E-state index in [9.17, 15) is 13.2 Å². The lowest BCUT2D eigenvalue weighted by Crippen LogP contribution is -2.11. The highest BCUT2D eigenvalue weighted by Crippen LogP contribution is 2.45. The molecule has 1 heterocycles. The normalized spacial score (nSPS) is 15.3. The lowest BCUT2D eigenvalue weighted by Gasteiger charge is -2.24. The van der Waals surface area contributed by atoms with Crippen molar-refractivity contribution in [3.05, 3.63) is 70.8 Å². The molecule has 3 aromatic carbocycles. The number of fused-ring (bicyclic) bond motifs is 3. The highest BCUT2D eigenvalue weighted by molar-refractivity contribution is 5.80. The zero-order chi connectivity index (χ0) is 22.4. The van der Waals surface area contributed by atoms with Crippen LogP contribution in [0.5, 0.6) is 11.5 Å². The number of benzene rings is 3. The third-order valence-corrected chi connectivity index (χ3v) is 6.45. The fourth-order valence-electron chi connectivity index (χ4n) is 4.85. The first-order chi connectivity index (χ1) is 15.5. The summed E-state index contributed by atoms with van der Waals surface area (Å²) in [6, 6.07) is 9.10. The fourth-order valence-corrected chi connectivity index (χ4v) is 4.85. The van der Waals surface area contributed by atoms with E-state index >= 15 is 4.39 Å². The van der Waals surface area contributed by atoms with Crippen LogP contribution in [0.15, 0.2) is 36.4 Å². The Labute approximate surface area is 183 Å². The standard InChI is InChI=1S/C26H22F4O2/c1-2-31-21-12-11-19-16-8-10-17(22(27)20(16)13-32-26(19)25(21)30)18-9-7-15(23(28)24(18)29)14-5-3-4-6-14/h7-12,14H,2-6,13H2,1H3. The SMILES string of the molecule is CCOc1ccc2c(c1F)OCc1c-2ccc(-c2ccc(C3CCCC3)c(F)c2F)c1F. The molecule has 0 unspecified atom stereocenters. The molecule has 0 amide bonds. The van der Waals surface area contributed by atoms with Gasteiger partial charge in [-0.05, 0) is 48.9 Å². The molecule has 6 heteroatoms. The lowest BCUT2D eigenvalue weighted by atomic mass is 9.90. The summed E-state index contributed by atoms with van der Waals surface area (Å²) in [6.07, 6.45) is 3.67. The van der Waals surface area contributed by atoms with Crippen molar-refractivity contribution in [3.8, 4) is 33.8 Å². The molecule has 1 saturated carbocycles. The van der Waals surface area contributed by atoms with Crippen LogP contribution in [0.25, 0.3) is 22.3 Å². The van der Waals surface area contributed by atoms with Crippen molar-refractivity contribution >= 4 is 0 Å². The fraction of sp³-hybridized carbons (Fsp3) is 0.308. The van der Waals surface area contributed by atoms with Gasteiger partial charge < -0.3 is 9.47 Å². The molecule has 166 valence electrons. The maximum Gasteiger partial charge on any atom is 0.207 e. The number of hydrogen-bond donors (Lipinski definition) is 0. The molecule has 0 radical (unpaired) electrons. The highest BCUT2D eigenvalue weighted by atomic mass is 19.2. The van der Waals surface area contributed by atoms with Gasteiger partial charge in [-0.15, -0.1) is 0 Å². The topological polar surface area (TPSA) is 18.5 Å². The Morgan fingerprint density at radius 2 is 1.44 bits per heavy atom. The molecule has 0 atom stereocenters. The number of hydrogen-bond acceptors (Lipinski definition) is 2. The molecule has 0 bridgehead atoms. The monoisotopic (exact) mass is 442 g/mol. The van der Waals surface area contributed by atoms with E-state index in [1.807, 2.05) is 0 Å². The number of rotatable bonds is 4. The minimum Gasteiger partial charge on any atom is -0.491 e. The first-order valence-corrected chi connectivity index (χ1v) is 10.9. The van der Waals surface area contributed by atoms with Gasteiger partial charge in [0.15, 0.2) is 23.1 Å². The first-order valence-electron chi connectivity index (χ1n) is 10.9. The van der Waals surface area contributed by atoms with Crippen LogP contribution in [0.2, 0.25) is 0 Å². The maximum atomic E-state index is 15.5. The Morgan fingerprint density at radius 3 is 2.19 bits per heavy atom. The smallest absolute Gasteiger partial charge is 0.207 e. The van der Waals surface area contributed by atoms with Gasteiger partial charge in [0.25, 0.3) is 0 Å². The van der Waals surface area contributed by atoms with E-state index in [2.05, 4.69) is 0 Å². The summed E-state index contributed by atoms with van der Waals surface area (Å²) in [6.45, 7) is 1.82. The zero-order valence-electron chi connectivity index (χ0n) is 17.6. The summed E-state index contributed by atoms with van der Waals surface area (Å²) in [5, 5.41) is 0. The predicted octanol–water partition coefficient (Wildman–Crippen LogP) is 7.53. The average molecular weight is 442 g/mol. The molecule has 1 aliphatic carbocycles. The molecule has 1 fully saturated rings. The third-order valence-electron chi connectivity index (χ3n) is 6.45. The largest absolute Gasteiger partial charge is 0.491 e. The van der Waals surface area contributed by atoms with Crippen molar-refractivity contribution in [3.63, 3.8) is 0 Å². The molecule has 0 spiro atoms. The average Bonchev–Trinajstić information content (AvgIpc) is 3.33. The van der Waals surface area contributed by atoms with Crippen LogP contribution in [0, 0.1) is 23.3 Å². The van der Waals surface area contributed by atoms with Gasteiger partial charge in [-0.1, -0.05) is 37.1 Å². The zero-order valence-corrected chi connectivity index (χ0v) is 17.6. The molecule has 0 N–H and O–H groups in total. The molecule has 0 aromatic heterocycles. The van der Waals surface area contributed by atoms with E-state index in [0.29, 0.717) is 23.3 Å².